The smallest absolute Gasteiger partial charge is 0.321 e. The maximum absolute atomic E-state index is 12.4. The predicted molar refractivity (Wildman–Crippen MR) is 109 cm³/mol. The molecule has 154 valence electrons. The van der Waals surface area contributed by atoms with Crippen LogP contribution in [0.25, 0.3) is 0 Å². The molecule has 4 amide bonds. The number of nitrogens with one attached hydrogen (secondary N) is 2. The van der Waals surface area contributed by atoms with E-state index >= 15 is 0 Å². The van der Waals surface area contributed by atoms with Crippen molar-refractivity contribution in [3.8, 4) is 0 Å². The summed E-state index contributed by atoms with van der Waals surface area (Å²) in [5.41, 5.74) is 1.64. The average Bonchev–Trinajstić information content (AvgIpc) is 2.71. The van der Waals surface area contributed by atoms with Crippen molar-refractivity contribution in [3.05, 3.63) is 28.8 Å². The van der Waals surface area contributed by atoms with Crippen LogP contribution in [0.1, 0.15) is 5.56 Å². The molecule has 0 bridgehead atoms. The molecule has 2 aliphatic rings. The van der Waals surface area contributed by atoms with Crippen molar-refractivity contribution < 1.29 is 14.3 Å². The van der Waals surface area contributed by atoms with Crippen LogP contribution in [0.3, 0.4) is 0 Å². The number of urea groups is 2. The summed E-state index contributed by atoms with van der Waals surface area (Å²) in [4.78, 5) is 30.5. The Balaban J connectivity index is 1.37. The molecule has 0 aromatic heterocycles. The maximum Gasteiger partial charge on any atom is 0.321 e. The number of carbonyl (C=O) groups excluding carboxylic acids is 2. The molecule has 2 heterocycles. The van der Waals surface area contributed by atoms with Gasteiger partial charge in [0.25, 0.3) is 0 Å². The van der Waals surface area contributed by atoms with Gasteiger partial charge in [-0.15, -0.1) is 0 Å². The summed E-state index contributed by atoms with van der Waals surface area (Å²) in [6, 6.07) is 5.20. The summed E-state index contributed by atoms with van der Waals surface area (Å²) >= 11 is 6.10. The zero-order valence-electron chi connectivity index (χ0n) is 16.2. The fourth-order valence-electron chi connectivity index (χ4n) is 3.24. The first-order valence-electron chi connectivity index (χ1n) is 9.68. The van der Waals surface area contributed by atoms with E-state index in [2.05, 4.69) is 15.5 Å². The lowest BCUT2D eigenvalue weighted by Gasteiger charge is -2.35. The minimum atomic E-state index is -0.174. The standard InChI is InChI=1S/C19H28ClN5O3/c1-15-2-3-16(14-17(15)20)22-19(27)25-8-6-24(7-9-25)18(26)21-4-5-23-10-12-28-13-11-23/h2-3,14H,4-13H2,1H3,(H,21,26)(H,22,27). The van der Waals surface area contributed by atoms with Crippen molar-refractivity contribution in [2.45, 2.75) is 6.92 Å². The molecule has 0 atom stereocenters. The Morgan fingerprint density at radius 1 is 1.04 bits per heavy atom. The molecule has 2 fully saturated rings. The number of amides is 4. The van der Waals surface area contributed by atoms with Gasteiger partial charge in [0, 0.05) is 63.1 Å². The number of piperazine rings is 1. The molecule has 9 heteroatoms. The van der Waals surface area contributed by atoms with Gasteiger partial charge in [-0.2, -0.15) is 0 Å². The molecule has 0 spiro atoms. The lowest BCUT2D eigenvalue weighted by Crippen LogP contribution is -2.54. The number of hydrogen-bond donors (Lipinski definition) is 2. The van der Waals surface area contributed by atoms with Crippen molar-refractivity contribution in [2.24, 2.45) is 0 Å². The molecule has 2 saturated heterocycles. The van der Waals surface area contributed by atoms with Crippen LogP contribution in [0.2, 0.25) is 5.02 Å². The first-order valence-corrected chi connectivity index (χ1v) is 10.1. The number of halogens is 1. The summed E-state index contributed by atoms with van der Waals surface area (Å²) < 4.78 is 5.32. The van der Waals surface area contributed by atoms with E-state index in [1.54, 1.807) is 15.9 Å². The number of nitrogens with zero attached hydrogens (tertiary/aromatic N) is 3. The maximum atomic E-state index is 12.4. The van der Waals surface area contributed by atoms with Crippen LogP contribution in [0, 0.1) is 6.92 Å². The molecule has 8 nitrogen and oxygen atoms in total. The second kappa shape index (κ2) is 9.95. The summed E-state index contributed by atoms with van der Waals surface area (Å²) in [6.45, 7) is 8.75. The van der Waals surface area contributed by atoms with Gasteiger partial charge in [-0.3, -0.25) is 4.90 Å². The molecular weight excluding hydrogens is 382 g/mol. The highest BCUT2D eigenvalue weighted by Crippen LogP contribution is 2.20. The Bertz CT molecular complexity index is 688. The quantitative estimate of drug-likeness (QED) is 0.795. The van der Waals surface area contributed by atoms with Gasteiger partial charge in [-0.1, -0.05) is 17.7 Å². The monoisotopic (exact) mass is 409 g/mol. The van der Waals surface area contributed by atoms with Gasteiger partial charge in [-0.25, -0.2) is 9.59 Å². The zero-order valence-corrected chi connectivity index (χ0v) is 17.0. The number of carbonyl (C=O) groups is 2. The zero-order chi connectivity index (χ0) is 19.9. The molecular formula is C19H28ClN5O3. The Morgan fingerprint density at radius 3 is 2.32 bits per heavy atom. The van der Waals surface area contributed by atoms with Crippen molar-refractivity contribution in [1.29, 1.82) is 0 Å². The first kappa shape index (κ1) is 20.7. The predicted octanol–water partition coefficient (Wildman–Crippen LogP) is 1.84. The van der Waals surface area contributed by atoms with E-state index in [4.69, 9.17) is 16.3 Å². The topological polar surface area (TPSA) is 77.2 Å². The highest BCUT2D eigenvalue weighted by molar-refractivity contribution is 6.31. The summed E-state index contributed by atoms with van der Waals surface area (Å²) in [6.07, 6.45) is 0. The summed E-state index contributed by atoms with van der Waals surface area (Å²) in [5.74, 6) is 0. The average molecular weight is 410 g/mol. The minimum Gasteiger partial charge on any atom is -0.379 e. The molecule has 2 N–H and O–H groups in total. The van der Waals surface area contributed by atoms with Crippen LogP contribution >= 0.6 is 11.6 Å². The van der Waals surface area contributed by atoms with Gasteiger partial charge in [0.15, 0.2) is 0 Å². The van der Waals surface area contributed by atoms with Gasteiger partial charge in [0.2, 0.25) is 0 Å². The van der Waals surface area contributed by atoms with Gasteiger partial charge < -0.3 is 25.2 Å². The minimum absolute atomic E-state index is 0.0707. The van der Waals surface area contributed by atoms with Crippen molar-refractivity contribution in [2.75, 3.05) is 70.9 Å². The Hall–Kier alpha value is -2.03. The number of anilines is 1. The SMILES string of the molecule is Cc1ccc(NC(=O)N2CCN(C(=O)NCCN3CCOCC3)CC2)cc1Cl. The van der Waals surface area contributed by atoms with Gasteiger partial charge in [0.05, 0.1) is 13.2 Å². The molecule has 1 aromatic carbocycles. The van der Waals surface area contributed by atoms with E-state index in [-0.39, 0.29) is 12.1 Å². The Kier molecular flexibility index (Phi) is 7.36. The van der Waals surface area contributed by atoms with Crippen LogP contribution < -0.4 is 10.6 Å². The third-order valence-electron chi connectivity index (χ3n) is 5.09. The second-order valence-electron chi connectivity index (χ2n) is 7.05. The molecule has 0 unspecified atom stereocenters. The number of morpholine rings is 1. The van der Waals surface area contributed by atoms with Crippen molar-refractivity contribution >= 4 is 29.4 Å². The van der Waals surface area contributed by atoms with E-state index in [0.29, 0.717) is 43.4 Å². The number of aryl methyl sites for hydroxylation is 1. The third-order valence-corrected chi connectivity index (χ3v) is 5.49. The fraction of sp³-hybridized carbons (Fsp3) is 0.579. The van der Waals surface area contributed by atoms with E-state index in [0.717, 1.165) is 38.4 Å². The van der Waals surface area contributed by atoms with Crippen LogP contribution in [0.4, 0.5) is 15.3 Å². The molecule has 2 aliphatic heterocycles. The van der Waals surface area contributed by atoms with Gasteiger partial charge in [0.1, 0.15) is 0 Å². The number of rotatable bonds is 4. The lowest BCUT2D eigenvalue weighted by molar-refractivity contribution is 0.0385. The normalized spacial score (nSPS) is 18.1. The van der Waals surface area contributed by atoms with Crippen LogP contribution in [0.5, 0.6) is 0 Å². The second-order valence-corrected chi connectivity index (χ2v) is 7.46. The molecule has 3 rings (SSSR count). The van der Waals surface area contributed by atoms with Crippen LogP contribution in [-0.2, 0) is 4.74 Å². The van der Waals surface area contributed by atoms with Crippen molar-refractivity contribution in [3.63, 3.8) is 0 Å². The molecule has 1 aromatic rings. The van der Waals surface area contributed by atoms with Crippen LogP contribution in [-0.4, -0.2) is 92.3 Å². The lowest BCUT2D eigenvalue weighted by atomic mass is 10.2. The molecule has 0 aliphatic carbocycles. The molecule has 28 heavy (non-hydrogen) atoms. The van der Waals surface area contributed by atoms with E-state index in [1.807, 2.05) is 19.1 Å². The summed E-state index contributed by atoms with van der Waals surface area (Å²) in [5, 5.41) is 6.45. The Morgan fingerprint density at radius 2 is 1.68 bits per heavy atom. The van der Waals surface area contributed by atoms with E-state index in [1.165, 1.54) is 0 Å². The van der Waals surface area contributed by atoms with Gasteiger partial charge in [-0.05, 0) is 24.6 Å². The highest BCUT2D eigenvalue weighted by atomic mass is 35.5. The third kappa shape index (κ3) is 5.73. The fourth-order valence-corrected chi connectivity index (χ4v) is 3.42. The largest absolute Gasteiger partial charge is 0.379 e. The van der Waals surface area contributed by atoms with Gasteiger partial charge >= 0.3 is 12.1 Å². The first-order chi connectivity index (χ1) is 13.5. The van der Waals surface area contributed by atoms with E-state index < -0.39 is 0 Å². The summed E-state index contributed by atoms with van der Waals surface area (Å²) in [7, 11) is 0. The Labute approximate surface area is 170 Å². The van der Waals surface area contributed by atoms with E-state index in [9.17, 15) is 9.59 Å². The number of benzene rings is 1. The highest BCUT2D eigenvalue weighted by Gasteiger charge is 2.24. The molecule has 0 radical (unpaired) electrons. The number of ether oxygens (including phenoxy) is 1. The number of hydrogen-bond acceptors (Lipinski definition) is 4. The van der Waals surface area contributed by atoms with Crippen molar-refractivity contribution in [1.82, 2.24) is 20.0 Å². The van der Waals surface area contributed by atoms with Crippen LogP contribution in [0.15, 0.2) is 18.2 Å². The molecule has 0 saturated carbocycles.